The number of carbonyl (C=O) groups is 2. The van der Waals surface area contributed by atoms with Gasteiger partial charge in [0.2, 0.25) is 11.8 Å². The van der Waals surface area contributed by atoms with Crippen molar-refractivity contribution in [2.24, 2.45) is 11.8 Å². The Hall–Kier alpha value is -2.35. The Morgan fingerprint density at radius 1 is 1.18 bits per heavy atom. The molecule has 0 saturated carbocycles. The molecule has 2 rings (SSSR count). The second kappa shape index (κ2) is 10.8. The molecule has 28 heavy (non-hydrogen) atoms. The first kappa shape index (κ1) is 21.9. The molecule has 0 spiro atoms. The van der Waals surface area contributed by atoms with E-state index < -0.39 is 0 Å². The molecule has 2 amide bonds. The van der Waals surface area contributed by atoms with Gasteiger partial charge in [-0.15, -0.1) is 0 Å². The van der Waals surface area contributed by atoms with E-state index in [1.54, 1.807) is 4.90 Å². The molecule has 2 unspecified atom stereocenters. The molecular weight excluding hydrogens is 350 g/mol. The van der Waals surface area contributed by atoms with Gasteiger partial charge in [-0.3, -0.25) is 9.59 Å². The minimum absolute atomic E-state index is 0.0782. The minimum Gasteiger partial charge on any atom is -0.339 e. The van der Waals surface area contributed by atoms with Gasteiger partial charge in [-0.2, -0.15) is 5.26 Å². The summed E-state index contributed by atoms with van der Waals surface area (Å²) >= 11 is 0. The second-order valence-corrected chi connectivity index (χ2v) is 8.16. The fraction of sp³-hybridized carbons (Fsp3) is 0.609. The molecule has 1 fully saturated rings. The summed E-state index contributed by atoms with van der Waals surface area (Å²) in [5.41, 5.74) is 0.777. The van der Waals surface area contributed by atoms with Crippen molar-refractivity contribution in [3.05, 3.63) is 30.3 Å². The Bertz CT molecular complexity index is 681. The summed E-state index contributed by atoms with van der Waals surface area (Å²) in [5.74, 6) is 1.04. The number of para-hydroxylation sites is 1. The molecule has 5 heteroatoms. The average molecular weight is 384 g/mol. The smallest absolute Gasteiger partial charge is 0.227 e. The summed E-state index contributed by atoms with van der Waals surface area (Å²) < 4.78 is 0. The van der Waals surface area contributed by atoms with Crippen molar-refractivity contribution in [1.29, 1.82) is 5.26 Å². The SMILES string of the molecule is CC1CCC(C(C)C)N(C(=O)CCC(=O)N(CCC#N)c2ccccc2)CC1. The van der Waals surface area contributed by atoms with E-state index in [2.05, 4.69) is 26.8 Å². The molecule has 1 aromatic carbocycles. The molecule has 1 aliphatic heterocycles. The van der Waals surface area contributed by atoms with Crippen molar-refractivity contribution in [3.63, 3.8) is 0 Å². The molecule has 0 aromatic heterocycles. The largest absolute Gasteiger partial charge is 0.339 e. The van der Waals surface area contributed by atoms with E-state index in [9.17, 15) is 9.59 Å². The number of hydrogen-bond acceptors (Lipinski definition) is 3. The van der Waals surface area contributed by atoms with Crippen LogP contribution in [0.1, 0.15) is 59.3 Å². The highest BCUT2D eigenvalue weighted by molar-refractivity contribution is 5.95. The van der Waals surface area contributed by atoms with E-state index in [4.69, 9.17) is 5.26 Å². The number of likely N-dealkylation sites (tertiary alicyclic amines) is 1. The fourth-order valence-electron chi connectivity index (χ4n) is 3.94. The third kappa shape index (κ3) is 6.09. The highest BCUT2D eigenvalue weighted by Gasteiger charge is 2.29. The summed E-state index contributed by atoms with van der Waals surface area (Å²) in [6.07, 6.45) is 3.90. The second-order valence-electron chi connectivity index (χ2n) is 8.16. The van der Waals surface area contributed by atoms with Gasteiger partial charge in [-0.1, -0.05) is 39.0 Å². The Labute approximate surface area is 169 Å². The van der Waals surface area contributed by atoms with Gasteiger partial charge in [-0.05, 0) is 43.2 Å². The summed E-state index contributed by atoms with van der Waals surface area (Å²) in [7, 11) is 0. The zero-order valence-corrected chi connectivity index (χ0v) is 17.4. The van der Waals surface area contributed by atoms with Crippen molar-refractivity contribution in [3.8, 4) is 6.07 Å². The number of anilines is 1. The predicted octanol–water partition coefficient (Wildman–Crippen LogP) is 4.39. The molecular formula is C23H33N3O2. The van der Waals surface area contributed by atoms with Gasteiger partial charge in [0.15, 0.2) is 0 Å². The van der Waals surface area contributed by atoms with Crippen LogP contribution in [0.25, 0.3) is 0 Å². The van der Waals surface area contributed by atoms with Crippen LogP contribution in [0, 0.1) is 23.2 Å². The van der Waals surface area contributed by atoms with Gasteiger partial charge in [0.25, 0.3) is 0 Å². The fourth-order valence-corrected chi connectivity index (χ4v) is 3.94. The zero-order valence-electron chi connectivity index (χ0n) is 17.4. The van der Waals surface area contributed by atoms with Gasteiger partial charge in [-0.25, -0.2) is 0 Å². The number of nitrogens with zero attached hydrogens (tertiary/aromatic N) is 3. The molecule has 1 aliphatic rings. The third-order valence-electron chi connectivity index (χ3n) is 5.68. The van der Waals surface area contributed by atoms with Gasteiger partial charge in [0, 0.05) is 37.7 Å². The number of carbonyl (C=O) groups excluding carboxylic acids is 2. The van der Waals surface area contributed by atoms with Crippen LogP contribution in [0.15, 0.2) is 30.3 Å². The van der Waals surface area contributed by atoms with Crippen LogP contribution in [0.5, 0.6) is 0 Å². The first-order valence-corrected chi connectivity index (χ1v) is 10.5. The maximum absolute atomic E-state index is 13.0. The number of nitriles is 1. The maximum Gasteiger partial charge on any atom is 0.227 e. The Balaban J connectivity index is 2.02. The van der Waals surface area contributed by atoms with Crippen LogP contribution in [0.2, 0.25) is 0 Å². The third-order valence-corrected chi connectivity index (χ3v) is 5.68. The van der Waals surface area contributed by atoms with Crippen LogP contribution in [0.4, 0.5) is 5.69 Å². The molecule has 1 aromatic rings. The molecule has 0 N–H and O–H groups in total. The number of rotatable bonds is 7. The molecule has 1 saturated heterocycles. The average Bonchev–Trinajstić information content (AvgIpc) is 2.89. The summed E-state index contributed by atoms with van der Waals surface area (Å²) in [4.78, 5) is 29.4. The van der Waals surface area contributed by atoms with Crippen molar-refractivity contribution in [2.45, 2.75) is 65.3 Å². The number of amides is 2. The van der Waals surface area contributed by atoms with Gasteiger partial charge < -0.3 is 9.80 Å². The van der Waals surface area contributed by atoms with Crippen LogP contribution >= 0.6 is 0 Å². The molecule has 152 valence electrons. The lowest BCUT2D eigenvalue weighted by atomic mass is 9.95. The van der Waals surface area contributed by atoms with E-state index in [1.165, 1.54) is 0 Å². The maximum atomic E-state index is 13.0. The lowest BCUT2D eigenvalue weighted by Gasteiger charge is -2.33. The van der Waals surface area contributed by atoms with Crippen LogP contribution in [-0.4, -0.2) is 35.8 Å². The van der Waals surface area contributed by atoms with E-state index in [1.807, 2.05) is 35.2 Å². The first-order chi connectivity index (χ1) is 13.4. The Morgan fingerprint density at radius 2 is 1.89 bits per heavy atom. The topological polar surface area (TPSA) is 64.4 Å². The quantitative estimate of drug-likeness (QED) is 0.701. The van der Waals surface area contributed by atoms with E-state index in [-0.39, 0.29) is 37.1 Å². The van der Waals surface area contributed by atoms with Crippen molar-refractivity contribution in [2.75, 3.05) is 18.0 Å². The highest BCUT2D eigenvalue weighted by Crippen LogP contribution is 2.27. The standard InChI is InChI=1S/C23H33N3O2/c1-18(2)21-11-10-19(3)14-17-26(21)23(28)13-12-22(27)25(16-7-15-24)20-8-5-4-6-9-20/h4-6,8-9,18-19,21H,7,10-14,16-17H2,1-3H3. The normalized spacial score (nSPS) is 19.8. The number of benzene rings is 1. The molecule has 0 radical (unpaired) electrons. The minimum atomic E-state index is -0.0981. The lowest BCUT2D eigenvalue weighted by Crippen LogP contribution is -2.43. The van der Waals surface area contributed by atoms with Gasteiger partial charge in [0.05, 0.1) is 12.5 Å². The van der Waals surface area contributed by atoms with Crippen LogP contribution < -0.4 is 4.90 Å². The molecule has 2 atom stereocenters. The highest BCUT2D eigenvalue weighted by atomic mass is 16.2. The summed E-state index contributed by atoms with van der Waals surface area (Å²) in [6, 6.07) is 11.7. The first-order valence-electron chi connectivity index (χ1n) is 10.5. The summed E-state index contributed by atoms with van der Waals surface area (Å²) in [6.45, 7) is 7.73. The Kier molecular flexibility index (Phi) is 8.50. The van der Waals surface area contributed by atoms with E-state index >= 15 is 0 Å². The van der Waals surface area contributed by atoms with Gasteiger partial charge in [0.1, 0.15) is 0 Å². The predicted molar refractivity (Wildman–Crippen MR) is 112 cm³/mol. The van der Waals surface area contributed by atoms with Crippen molar-refractivity contribution in [1.82, 2.24) is 4.90 Å². The lowest BCUT2D eigenvalue weighted by molar-refractivity contribution is -0.136. The van der Waals surface area contributed by atoms with E-state index in [0.717, 1.165) is 31.5 Å². The molecule has 1 heterocycles. The molecule has 0 bridgehead atoms. The monoisotopic (exact) mass is 383 g/mol. The molecule has 0 aliphatic carbocycles. The summed E-state index contributed by atoms with van der Waals surface area (Å²) in [5, 5.41) is 8.91. The van der Waals surface area contributed by atoms with E-state index in [0.29, 0.717) is 18.4 Å². The Morgan fingerprint density at radius 3 is 2.54 bits per heavy atom. The molecule has 5 nitrogen and oxygen atoms in total. The van der Waals surface area contributed by atoms with Crippen molar-refractivity contribution < 1.29 is 9.59 Å². The van der Waals surface area contributed by atoms with Gasteiger partial charge >= 0.3 is 0 Å². The van der Waals surface area contributed by atoms with Crippen LogP contribution in [0.3, 0.4) is 0 Å². The number of hydrogen-bond donors (Lipinski definition) is 0. The van der Waals surface area contributed by atoms with Crippen molar-refractivity contribution >= 4 is 17.5 Å². The zero-order chi connectivity index (χ0) is 20.5. The van der Waals surface area contributed by atoms with Crippen LogP contribution in [-0.2, 0) is 9.59 Å².